The third-order valence-electron chi connectivity index (χ3n) is 4.95. The third kappa shape index (κ3) is 4.54. The molecular formula is C25H24F2N2O2. The van der Waals surface area contributed by atoms with Crippen LogP contribution in [0.5, 0.6) is 11.5 Å². The molecule has 0 aliphatic heterocycles. The first-order chi connectivity index (χ1) is 15.0. The minimum absolute atomic E-state index is 0.0474. The van der Waals surface area contributed by atoms with E-state index in [2.05, 4.69) is 4.98 Å². The van der Waals surface area contributed by atoms with E-state index in [4.69, 9.17) is 9.47 Å². The Morgan fingerprint density at radius 2 is 1.32 bits per heavy atom. The van der Waals surface area contributed by atoms with Crippen LogP contribution in [-0.2, 0) is 19.8 Å². The summed E-state index contributed by atoms with van der Waals surface area (Å²) in [5.74, 6) is -2.06. The van der Waals surface area contributed by atoms with Crippen LogP contribution < -0.4 is 9.47 Å². The zero-order chi connectivity index (χ0) is 21.8. The summed E-state index contributed by atoms with van der Waals surface area (Å²) in [6.07, 6.45) is 1.68. The zero-order valence-electron chi connectivity index (χ0n) is 17.5. The lowest BCUT2D eigenvalue weighted by Crippen LogP contribution is -2.11. The quantitative estimate of drug-likeness (QED) is 0.398. The number of hydrogen-bond acceptors (Lipinski definition) is 3. The topological polar surface area (TPSA) is 37.5 Å². The molecule has 0 aliphatic rings. The van der Waals surface area contributed by atoms with Gasteiger partial charge in [-0.25, -0.2) is 4.39 Å². The van der Waals surface area contributed by atoms with Crippen molar-refractivity contribution < 1.29 is 18.3 Å². The number of nitrogens with one attached hydrogen (secondary N) is 1. The summed E-state index contributed by atoms with van der Waals surface area (Å²) >= 11 is 0. The van der Waals surface area contributed by atoms with E-state index in [1.807, 2.05) is 79.7 Å². The molecular weight excluding hydrogens is 398 g/mol. The van der Waals surface area contributed by atoms with Gasteiger partial charge in [0.25, 0.3) is 0 Å². The average molecular weight is 422 g/mol. The highest BCUT2D eigenvalue weighted by atomic mass is 19.1. The van der Waals surface area contributed by atoms with Gasteiger partial charge >= 0.3 is 0 Å². The van der Waals surface area contributed by atoms with Gasteiger partial charge in [-0.3, -0.25) is 0 Å². The molecule has 1 aromatic heterocycles. The molecule has 0 aliphatic carbocycles. The van der Waals surface area contributed by atoms with E-state index >= 15 is 8.78 Å². The third-order valence-corrected chi connectivity index (χ3v) is 4.95. The van der Waals surface area contributed by atoms with Gasteiger partial charge in [-0.05, 0) is 30.8 Å². The number of benzene rings is 3. The van der Waals surface area contributed by atoms with Crippen molar-refractivity contribution in [2.75, 3.05) is 14.1 Å². The van der Waals surface area contributed by atoms with Gasteiger partial charge in [0, 0.05) is 18.1 Å². The van der Waals surface area contributed by atoms with Gasteiger partial charge < -0.3 is 19.4 Å². The van der Waals surface area contributed by atoms with Crippen LogP contribution in [0.4, 0.5) is 8.78 Å². The normalized spacial score (nSPS) is 11.3. The van der Waals surface area contributed by atoms with Crippen molar-refractivity contribution in [3.63, 3.8) is 0 Å². The first kappa shape index (κ1) is 20.9. The highest BCUT2D eigenvalue weighted by Gasteiger charge is 2.26. The number of ether oxygens (including phenoxy) is 2. The molecule has 0 amide bonds. The van der Waals surface area contributed by atoms with Crippen LogP contribution >= 0.6 is 0 Å². The number of aromatic nitrogens is 1. The second-order valence-electron chi connectivity index (χ2n) is 7.64. The molecule has 1 heterocycles. The lowest BCUT2D eigenvalue weighted by molar-refractivity contribution is 0.255. The summed E-state index contributed by atoms with van der Waals surface area (Å²) in [5, 5.41) is 0.279. The molecule has 0 bridgehead atoms. The van der Waals surface area contributed by atoms with E-state index in [0.717, 1.165) is 11.1 Å². The summed E-state index contributed by atoms with van der Waals surface area (Å²) in [5.41, 5.74) is 2.68. The fourth-order valence-corrected chi connectivity index (χ4v) is 3.50. The van der Waals surface area contributed by atoms with Crippen LogP contribution in [0.2, 0.25) is 0 Å². The second kappa shape index (κ2) is 9.18. The van der Waals surface area contributed by atoms with E-state index < -0.39 is 17.4 Å². The monoisotopic (exact) mass is 422 g/mol. The highest BCUT2D eigenvalue weighted by Crippen LogP contribution is 2.40. The maximum atomic E-state index is 15.5. The molecule has 0 saturated carbocycles. The lowest BCUT2D eigenvalue weighted by atomic mass is 10.1. The van der Waals surface area contributed by atoms with E-state index in [0.29, 0.717) is 12.1 Å². The largest absolute Gasteiger partial charge is 0.483 e. The van der Waals surface area contributed by atoms with Crippen molar-refractivity contribution in [1.29, 1.82) is 0 Å². The predicted octanol–water partition coefficient (Wildman–Crippen LogP) is 5.67. The molecule has 0 fully saturated rings. The molecule has 4 rings (SSSR count). The first-order valence-corrected chi connectivity index (χ1v) is 10.0. The Morgan fingerprint density at radius 3 is 1.87 bits per heavy atom. The predicted molar refractivity (Wildman–Crippen MR) is 117 cm³/mol. The van der Waals surface area contributed by atoms with Crippen LogP contribution in [0.25, 0.3) is 10.9 Å². The second-order valence-corrected chi connectivity index (χ2v) is 7.64. The molecule has 4 nitrogen and oxygen atoms in total. The summed E-state index contributed by atoms with van der Waals surface area (Å²) < 4.78 is 42.3. The molecule has 4 aromatic rings. The van der Waals surface area contributed by atoms with Crippen LogP contribution in [0.1, 0.15) is 16.7 Å². The Bertz CT molecular complexity index is 1160. The maximum Gasteiger partial charge on any atom is 0.212 e. The molecule has 6 heteroatoms. The Morgan fingerprint density at radius 1 is 0.774 bits per heavy atom. The summed E-state index contributed by atoms with van der Waals surface area (Å²) in [6, 6.07) is 18.7. The molecule has 0 spiro atoms. The molecule has 0 atom stereocenters. The Hall–Kier alpha value is -3.38. The van der Waals surface area contributed by atoms with Crippen molar-refractivity contribution in [1.82, 2.24) is 9.88 Å². The van der Waals surface area contributed by atoms with Gasteiger partial charge in [0.1, 0.15) is 13.2 Å². The molecule has 31 heavy (non-hydrogen) atoms. The van der Waals surface area contributed by atoms with Gasteiger partial charge in [0.15, 0.2) is 17.3 Å². The van der Waals surface area contributed by atoms with E-state index in [1.54, 1.807) is 6.20 Å². The fraction of sp³-hybridized carbons (Fsp3) is 0.200. The standard InChI is InChI=1S/C25H24F2N2O2/c1-29(2)14-19-13-28-23-20(19)21(26)24(30-15-17-9-5-3-6-10-17)22(27)25(23)31-16-18-11-7-4-8-12-18/h3-13,28H,14-16H2,1-2H3. The molecule has 0 unspecified atom stereocenters. The minimum Gasteiger partial charge on any atom is -0.483 e. The van der Waals surface area contributed by atoms with Crippen molar-refractivity contribution in [3.8, 4) is 11.5 Å². The molecule has 0 radical (unpaired) electrons. The van der Waals surface area contributed by atoms with E-state index in [1.165, 1.54) is 0 Å². The maximum absolute atomic E-state index is 15.5. The Labute approximate surface area is 180 Å². The smallest absolute Gasteiger partial charge is 0.212 e. The molecule has 3 aromatic carbocycles. The average Bonchev–Trinajstić information content (AvgIpc) is 3.18. The van der Waals surface area contributed by atoms with Crippen LogP contribution in [0.3, 0.4) is 0 Å². The number of rotatable bonds is 8. The van der Waals surface area contributed by atoms with Crippen molar-refractivity contribution in [2.45, 2.75) is 19.8 Å². The lowest BCUT2D eigenvalue weighted by Gasteiger charge is -2.16. The Balaban J connectivity index is 1.75. The summed E-state index contributed by atoms with van der Waals surface area (Å²) in [7, 11) is 3.78. The van der Waals surface area contributed by atoms with E-state index in [-0.39, 0.29) is 29.9 Å². The molecule has 1 N–H and O–H groups in total. The number of aromatic amines is 1. The van der Waals surface area contributed by atoms with Gasteiger partial charge in [-0.1, -0.05) is 60.7 Å². The van der Waals surface area contributed by atoms with Crippen molar-refractivity contribution >= 4 is 10.9 Å². The van der Waals surface area contributed by atoms with Crippen molar-refractivity contribution in [3.05, 3.63) is 95.2 Å². The van der Waals surface area contributed by atoms with Gasteiger partial charge in [-0.2, -0.15) is 4.39 Å². The number of hydrogen-bond donors (Lipinski definition) is 1. The van der Waals surface area contributed by atoms with Crippen molar-refractivity contribution in [2.24, 2.45) is 0 Å². The van der Waals surface area contributed by atoms with Crippen LogP contribution in [0, 0.1) is 11.6 Å². The summed E-state index contributed by atoms with van der Waals surface area (Å²) in [6.45, 7) is 0.684. The fourth-order valence-electron chi connectivity index (χ4n) is 3.50. The Kier molecular flexibility index (Phi) is 6.18. The number of fused-ring (bicyclic) bond motifs is 1. The van der Waals surface area contributed by atoms with E-state index in [9.17, 15) is 0 Å². The van der Waals surface area contributed by atoms with Crippen LogP contribution in [0.15, 0.2) is 66.9 Å². The first-order valence-electron chi connectivity index (χ1n) is 10.0. The summed E-state index contributed by atoms with van der Waals surface area (Å²) in [4.78, 5) is 4.91. The number of halogens is 2. The zero-order valence-corrected chi connectivity index (χ0v) is 17.5. The SMILES string of the molecule is CN(C)Cc1c[nH]c2c(OCc3ccccc3)c(F)c(OCc3ccccc3)c(F)c12. The highest BCUT2D eigenvalue weighted by molar-refractivity contribution is 5.91. The van der Waals surface area contributed by atoms with Gasteiger partial charge in [-0.15, -0.1) is 0 Å². The van der Waals surface area contributed by atoms with Crippen LogP contribution in [-0.4, -0.2) is 24.0 Å². The molecule has 160 valence electrons. The van der Waals surface area contributed by atoms with Gasteiger partial charge in [0.2, 0.25) is 5.82 Å². The minimum atomic E-state index is -0.852. The molecule has 0 saturated heterocycles. The van der Waals surface area contributed by atoms with Gasteiger partial charge in [0.05, 0.1) is 5.52 Å². The number of nitrogens with zero attached hydrogens (tertiary/aromatic N) is 1. The number of H-pyrrole nitrogens is 1.